The highest BCUT2D eigenvalue weighted by molar-refractivity contribution is 7.99. The molecule has 78 valence electrons. The molecule has 0 radical (unpaired) electrons. The molecule has 1 atom stereocenters. The summed E-state index contributed by atoms with van der Waals surface area (Å²) in [7, 11) is 0. The Balaban J connectivity index is 1.86. The van der Waals surface area contributed by atoms with Crippen LogP contribution in [0.3, 0.4) is 0 Å². The van der Waals surface area contributed by atoms with Crippen LogP contribution in [0, 0.1) is 0 Å². The van der Waals surface area contributed by atoms with Crippen molar-refractivity contribution in [2.75, 3.05) is 12.3 Å². The minimum absolute atomic E-state index is 0.873. The molecule has 2 N–H and O–H groups in total. The predicted molar refractivity (Wildman–Crippen MR) is 62.2 cm³/mol. The summed E-state index contributed by atoms with van der Waals surface area (Å²) in [6, 6.07) is 0. The fourth-order valence-corrected chi connectivity index (χ4v) is 3.28. The normalized spacial score (nSPS) is 23.3. The van der Waals surface area contributed by atoms with E-state index in [4.69, 9.17) is 5.73 Å². The topological polar surface area (TPSA) is 26.0 Å². The van der Waals surface area contributed by atoms with Crippen molar-refractivity contribution in [1.29, 1.82) is 0 Å². The molecule has 0 aliphatic carbocycles. The van der Waals surface area contributed by atoms with Crippen LogP contribution in [0.2, 0.25) is 0 Å². The lowest BCUT2D eigenvalue weighted by Gasteiger charge is -2.20. The highest BCUT2D eigenvalue weighted by Crippen LogP contribution is 2.28. The molecule has 0 aromatic rings. The molecule has 1 aliphatic rings. The molecular formula is C11H23NS. The van der Waals surface area contributed by atoms with Gasteiger partial charge in [0.15, 0.2) is 0 Å². The van der Waals surface area contributed by atoms with Gasteiger partial charge in [0.05, 0.1) is 0 Å². The maximum absolute atomic E-state index is 5.45. The van der Waals surface area contributed by atoms with E-state index in [1.165, 1.54) is 57.1 Å². The van der Waals surface area contributed by atoms with E-state index < -0.39 is 0 Å². The first-order valence-corrected chi connectivity index (χ1v) is 6.80. The molecule has 0 bridgehead atoms. The lowest BCUT2D eigenvalue weighted by molar-refractivity contribution is 0.568. The number of nitrogens with two attached hydrogens (primary N) is 1. The number of thioether (sulfide) groups is 1. The maximum atomic E-state index is 5.45. The Bertz CT molecular complexity index is 111. The van der Waals surface area contributed by atoms with E-state index in [0.29, 0.717) is 0 Å². The first-order valence-electron chi connectivity index (χ1n) is 5.75. The van der Waals surface area contributed by atoms with Crippen molar-refractivity contribution in [2.24, 2.45) is 5.73 Å². The zero-order chi connectivity index (χ0) is 9.36. The zero-order valence-corrected chi connectivity index (χ0v) is 9.45. The van der Waals surface area contributed by atoms with Crippen LogP contribution < -0.4 is 5.73 Å². The fraction of sp³-hybridized carbons (Fsp3) is 1.00. The van der Waals surface area contributed by atoms with Crippen LogP contribution in [0.1, 0.15) is 51.4 Å². The highest BCUT2D eigenvalue weighted by Gasteiger charge is 2.12. The van der Waals surface area contributed by atoms with Crippen LogP contribution in [-0.4, -0.2) is 17.5 Å². The van der Waals surface area contributed by atoms with Crippen molar-refractivity contribution in [3.8, 4) is 0 Å². The van der Waals surface area contributed by atoms with Gasteiger partial charge in [0, 0.05) is 5.25 Å². The molecule has 1 unspecified atom stereocenters. The lowest BCUT2D eigenvalue weighted by atomic mass is 10.1. The molecule has 2 heteroatoms. The minimum Gasteiger partial charge on any atom is -0.330 e. The number of unbranched alkanes of at least 4 members (excludes halogenated alkanes) is 3. The SMILES string of the molecule is NCCCCCCC1CCCCS1. The third-order valence-corrected chi connectivity index (χ3v) is 4.22. The summed E-state index contributed by atoms with van der Waals surface area (Å²) in [6.45, 7) is 0.873. The second kappa shape index (κ2) is 7.69. The summed E-state index contributed by atoms with van der Waals surface area (Å²) in [5.41, 5.74) is 5.45. The molecule has 1 fully saturated rings. The summed E-state index contributed by atoms with van der Waals surface area (Å²) in [5, 5.41) is 0.992. The fourth-order valence-electron chi connectivity index (χ4n) is 1.90. The van der Waals surface area contributed by atoms with Gasteiger partial charge in [-0.2, -0.15) is 11.8 Å². The summed E-state index contributed by atoms with van der Waals surface area (Å²) in [5.74, 6) is 1.41. The van der Waals surface area contributed by atoms with Crippen molar-refractivity contribution >= 4 is 11.8 Å². The predicted octanol–water partition coefficient (Wildman–Crippen LogP) is 3.18. The molecule has 0 saturated carbocycles. The second-order valence-corrected chi connectivity index (χ2v) is 5.39. The molecule has 0 aromatic heterocycles. The van der Waals surface area contributed by atoms with E-state index in [-0.39, 0.29) is 0 Å². The molecule has 1 rings (SSSR count). The van der Waals surface area contributed by atoms with Crippen molar-refractivity contribution in [3.63, 3.8) is 0 Å². The Morgan fingerprint density at radius 3 is 2.62 bits per heavy atom. The Morgan fingerprint density at radius 1 is 1.08 bits per heavy atom. The van der Waals surface area contributed by atoms with E-state index in [0.717, 1.165) is 11.8 Å². The smallest absolute Gasteiger partial charge is 0.00470 e. The molecule has 1 heterocycles. The van der Waals surface area contributed by atoms with Gasteiger partial charge in [-0.1, -0.05) is 25.7 Å². The van der Waals surface area contributed by atoms with Crippen molar-refractivity contribution in [2.45, 2.75) is 56.6 Å². The summed E-state index contributed by atoms with van der Waals surface area (Å²) >= 11 is 2.20. The van der Waals surface area contributed by atoms with Gasteiger partial charge in [-0.05, 0) is 38.0 Å². The second-order valence-electron chi connectivity index (χ2n) is 3.98. The van der Waals surface area contributed by atoms with E-state index >= 15 is 0 Å². The van der Waals surface area contributed by atoms with Crippen LogP contribution >= 0.6 is 11.8 Å². The van der Waals surface area contributed by atoms with E-state index in [1.54, 1.807) is 0 Å². The molecule has 13 heavy (non-hydrogen) atoms. The number of rotatable bonds is 6. The van der Waals surface area contributed by atoms with E-state index in [1.807, 2.05) is 0 Å². The third kappa shape index (κ3) is 5.58. The van der Waals surface area contributed by atoms with Gasteiger partial charge in [-0.3, -0.25) is 0 Å². The quantitative estimate of drug-likeness (QED) is 0.668. The molecule has 0 amide bonds. The first-order chi connectivity index (χ1) is 6.43. The first kappa shape index (κ1) is 11.4. The summed E-state index contributed by atoms with van der Waals surface area (Å²) in [4.78, 5) is 0. The van der Waals surface area contributed by atoms with Gasteiger partial charge < -0.3 is 5.73 Å². The van der Waals surface area contributed by atoms with E-state index in [2.05, 4.69) is 11.8 Å². The molecule has 1 aliphatic heterocycles. The van der Waals surface area contributed by atoms with Crippen LogP contribution in [-0.2, 0) is 0 Å². The van der Waals surface area contributed by atoms with Gasteiger partial charge in [-0.25, -0.2) is 0 Å². The Labute approximate surface area is 86.8 Å². The van der Waals surface area contributed by atoms with Crippen LogP contribution in [0.25, 0.3) is 0 Å². The molecular weight excluding hydrogens is 178 g/mol. The average Bonchev–Trinajstić information content (AvgIpc) is 2.19. The van der Waals surface area contributed by atoms with Crippen molar-refractivity contribution in [1.82, 2.24) is 0 Å². The maximum Gasteiger partial charge on any atom is 0.00470 e. The van der Waals surface area contributed by atoms with Gasteiger partial charge in [-0.15, -0.1) is 0 Å². The van der Waals surface area contributed by atoms with E-state index in [9.17, 15) is 0 Å². The van der Waals surface area contributed by atoms with Crippen LogP contribution in [0.15, 0.2) is 0 Å². The third-order valence-electron chi connectivity index (χ3n) is 2.75. The van der Waals surface area contributed by atoms with Gasteiger partial charge in [0.2, 0.25) is 0 Å². The average molecular weight is 201 g/mol. The monoisotopic (exact) mass is 201 g/mol. The molecule has 1 nitrogen and oxygen atoms in total. The van der Waals surface area contributed by atoms with Crippen molar-refractivity contribution < 1.29 is 0 Å². The zero-order valence-electron chi connectivity index (χ0n) is 8.63. The standard InChI is InChI=1S/C11H23NS/c12-9-5-2-1-3-7-11-8-4-6-10-13-11/h11H,1-10,12H2. The number of hydrogen-bond acceptors (Lipinski definition) is 2. The summed E-state index contributed by atoms with van der Waals surface area (Å²) in [6.07, 6.45) is 11.2. The largest absolute Gasteiger partial charge is 0.330 e. The Morgan fingerprint density at radius 2 is 1.92 bits per heavy atom. The molecule has 1 saturated heterocycles. The van der Waals surface area contributed by atoms with Gasteiger partial charge in [0.25, 0.3) is 0 Å². The van der Waals surface area contributed by atoms with Gasteiger partial charge >= 0.3 is 0 Å². The van der Waals surface area contributed by atoms with Gasteiger partial charge in [0.1, 0.15) is 0 Å². The lowest BCUT2D eigenvalue weighted by Crippen LogP contribution is -2.09. The molecule has 0 aromatic carbocycles. The van der Waals surface area contributed by atoms with Crippen molar-refractivity contribution in [3.05, 3.63) is 0 Å². The van der Waals surface area contributed by atoms with Crippen LogP contribution in [0.4, 0.5) is 0 Å². The number of hydrogen-bond donors (Lipinski definition) is 1. The molecule has 0 spiro atoms. The Kier molecular flexibility index (Phi) is 6.73. The summed E-state index contributed by atoms with van der Waals surface area (Å²) < 4.78 is 0. The Hall–Kier alpha value is 0.310. The minimum atomic E-state index is 0.873. The van der Waals surface area contributed by atoms with Crippen LogP contribution in [0.5, 0.6) is 0 Å². The highest BCUT2D eigenvalue weighted by atomic mass is 32.2.